The molecule has 1 N–H and O–H groups in total. The van der Waals surface area contributed by atoms with Gasteiger partial charge in [0.25, 0.3) is 0 Å². The molecule has 0 spiro atoms. The van der Waals surface area contributed by atoms with Crippen LogP contribution in [0.15, 0.2) is 0 Å². The van der Waals surface area contributed by atoms with Crippen molar-refractivity contribution < 1.29 is 14.7 Å². The van der Waals surface area contributed by atoms with Crippen molar-refractivity contribution in [3.63, 3.8) is 0 Å². The number of rotatable bonds is 10. The summed E-state index contributed by atoms with van der Waals surface area (Å²) in [6.45, 7) is 10.8. The number of aliphatic carboxylic acids is 1. The van der Waals surface area contributed by atoms with E-state index in [4.69, 9.17) is 5.11 Å². The quantitative estimate of drug-likeness (QED) is 0.414. The van der Waals surface area contributed by atoms with E-state index in [1.807, 2.05) is 0 Å². The van der Waals surface area contributed by atoms with Gasteiger partial charge in [-0.25, -0.2) is 0 Å². The first-order valence-corrected chi connectivity index (χ1v) is 16.2. The van der Waals surface area contributed by atoms with Gasteiger partial charge in [0.05, 0.1) is 0 Å². The maximum atomic E-state index is 9.87. The number of carboxylic acid groups (broad SMARTS) is 1. The van der Waals surface area contributed by atoms with Crippen LogP contribution in [0.1, 0.15) is 66.7 Å². The van der Waals surface area contributed by atoms with E-state index < -0.39 is 24.3 Å². The molecular weight excluding hydrogens is 359 g/mol. The SMILES string of the molecule is CC(=O)CC(=O)O.CCC[CH2][Sn]([CH2]C)([CH2]C)[CH2]CCC. The number of ketones is 1. The second-order valence-corrected chi connectivity index (χ2v) is 21.1. The van der Waals surface area contributed by atoms with Gasteiger partial charge in [-0.3, -0.25) is 9.59 Å². The predicted octanol–water partition coefficient (Wildman–Crippen LogP) is 5.13. The Morgan fingerprint density at radius 3 is 1.45 bits per heavy atom. The Labute approximate surface area is 129 Å². The third-order valence-electron chi connectivity index (χ3n) is 4.02. The van der Waals surface area contributed by atoms with Crippen molar-refractivity contribution in [3.05, 3.63) is 0 Å². The van der Waals surface area contributed by atoms with E-state index in [-0.39, 0.29) is 12.2 Å². The normalized spacial score (nSPS) is 10.7. The minimum absolute atomic E-state index is 0.312. The molecular formula is C16H34O3Sn. The molecule has 0 aliphatic carbocycles. The van der Waals surface area contributed by atoms with Crippen LogP contribution in [-0.4, -0.2) is 35.2 Å². The minimum atomic E-state index is -1.54. The number of carbonyl (C=O) groups excluding carboxylic acids is 1. The number of unbranched alkanes of at least 4 members (excludes halogenated alkanes) is 2. The molecule has 0 radical (unpaired) electrons. The molecule has 0 saturated heterocycles. The molecule has 0 fully saturated rings. The van der Waals surface area contributed by atoms with Crippen LogP contribution < -0.4 is 0 Å². The number of hydrogen-bond donors (Lipinski definition) is 1. The Balaban J connectivity index is 0. The average Bonchev–Trinajstić information content (AvgIpc) is 2.39. The van der Waals surface area contributed by atoms with Gasteiger partial charge >= 0.3 is 95.5 Å². The van der Waals surface area contributed by atoms with E-state index in [9.17, 15) is 9.59 Å². The second-order valence-electron chi connectivity index (χ2n) is 5.69. The van der Waals surface area contributed by atoms with E-state index in [0.29, 0.717) is 0 Å². The summed E-state index contributed by atoms with van der Waals surface area (Å²) in [6.07, 6.45) is 5.48. The van der Waals surface area contributed by atoms with Crippen LogP contribution in [-0.2, 0) is 9.59 Å². The van der Waals surface area contributed by atoms with Crippen molar-refractivity contribution in [1.29, 1.82) is 0 Å². The topological polar surface area (TPSA) is 54.4 Å². The molecule has 0 unspecified atom stereocenters. The molecule has 0 aromatic carbocycles. The molecule has 3 nitrogen and oxygen atoms in total. The van der Waals surface area contributed by atoms with Gasteiger partial charge in [0.1, 0.15) is 12.2 Å². The molecule has 0 heterocycles. The van der Waals surface area contributed by atoms with Gasteiger partial charge in [-0.2, -0.15) is 0 Å². The van der Waals surface area contributed by atoms with Crippen molar-refractivity contribution >= 4 is 30.1 Å². The Morgan fingerprint density at radius 1 is 0.900 bits per heavy atom. The molecule has 20 heavy (non-hydrogen) atoms. The number of Topliss-reactive ketones (excluding diaryl/α,β-unsaturated/α-hetero) is 1. The third-order valence-corrected chi connectivity index (χ3v) is 20.7. The van der Waals surface area contributed by atoms with Crippen LogP contribution in [0.2, 0.25) is 17.7 Å². The van der Waals surface area contributed by atoms with E-state index in [0.717, 1.165) is 0 Å². The molecule has 0 aromatic rings. The zero-order valence-electron chi connectivity index (χ0n) is 14.1. The van der Waals surface area contributed by atoms with Crippen molar-refractivity contribution in [2.24, 2.45) is 0 Å². The fourth-order valence-electron chi connectivity index (χ4n) is 2.40. The molecule has 120 valence electrons. The average molecular weight is 393 g/mol. The second kappa shape index (κ2) is 13.9. The first-order valence-electron chi connectivity index (χ1n) is 8.08. The zero-order valence-corrected chi connectivity index (χ0v) is 17.0. The van der Waals surface area contributed by atoms with Crippen LogP contribution in [0.25, 0.3) is 0 Å². The number of carboxylic acids is 1. The molecule has 0 rings (SSSR count). The molecule has 4 heteroatoms. The van der Waals surface area contributed by atoms with Crippen LogP contribution in [0, 0.1) is 0 Å². The van der Waals surface area contributed by atoms with Crippen molar-refractivity contribution in [3.8, 4) is 0 Å². The summed E-state index contributed by atoms with van der Waals surface area (Å²) in [5, 5.41) is 7.86. The molecule has 0 amide bonds. The summed E-state index contributed by atoms with van der Waals surface area (Å²) in [5.41, 5.74) is 0. The van der Waals surface area contributed by atoms with Crippen molar-refractivity contribution in [1.82, 2.24) is 0 Å². The van der Waals surface area contributed by atoms with Gasteiger partial charge in [-0.15, -0.1) is 0 Å². The Morgan fingerprint density at radius 2 is 1.30 bits per heavy atom. The van der Waals surface area contributed by atoms with Crippen LogP contribution in [0.3, 0.4) is 0 Å². The van der Waals surface area contributed by atoms with E-state index >= 15 is 0 Å². The molecule has 0 atom stereocenters. The van der Waals surface area contributed by atoms with Crippen LogP contribution in [0.5, 0.6) is 0 Å². The number of hydrogen-bond acceptors (Lipinski definition) is 2. The van der Waals surface area contributed by atoms with Crippen LogP contribution >= 0.6 is 0 Å². The third kappa shape index (κ3) is 12.9. The van der Waals surface area contributed by atoms with E-state index in [1.54, 1.807) is 17.7 Å². The molecule has 0 saturated carbocycles. The summed E-state index contributed by atoms with van der Waals surface area (Å²) in [6, 6.07) is 0. The van der Waals surface area contributed by atoms with E-state index in [1.165, 1.54) is 32.6 Å². The van der Waals surface area contributed by atoms with E-state index in [2.05, 4.69) is 27.7 Å². The summed E-state index contributed by atoms with van der Waals surface area (Å²) in [5.74, 6) is -1.37. The van der Waals surface area contributed by atoms with Crippen molar-refractivity contribution in [2.45, 2.75) is 84.5 Å². The standard InChI is InChI=1S/C4H6O3.2C4H9.2C2H5.Sn/c1-3(5)2-4(6)7;2*1-3-4-2;2*1-2;/h2H2,1H3,(H,6,7);2*1,3-4H2,2H3;2*1H2,2H3;. The van der Waals surface area contributed by atoms with Gasteiger partial charge < -0.3 is 5.11 Å². The van der Waals surface area contributed by atoms with Gasteiger partial charge in [0.2, 0.25) is 0 Å². The molecule has 0 bridgehead atoms. The fourth-order valence-corrected chi connectivity index (χ4v) is 14.9. The fraction of sp³-hybridized carbons (Fsp3) is 0.875. The first kappa shape index (κ1) is 22.2. The Kier molecular flexibility index (Phi) is 15.4. The van der Waals surface area contributed by atoms with Gasteiger partial charge in [-0.1, -0.05) is 0 Å². The Hall–Kier alpha value is -0.0613. The summed E-state index contributed by atoms with van der Waals surface area (Å²) >= 11 is -1.54. The molecule has 0 aliphatic rings. The van der Waals surface area contributed by atoms with Gasteiger partial charge in [0, 0.05) is 0 Å². The zero-order chi connectivity index (χ0) is 16.0. The first-order chi connectivity index (χ1) is 9.37. The maximum absolute atomic E-state index is 9.87. The number of carbonyl (C=O) groups is 2. The Bertz CT molecular complexity index is 238. The van der Waals surface area contributed by atoms with Gasteiger partial charge in [-0.05, 0) is 6.92 Å². The van der Waals surface area contributed by atoms with Crippen molar-refractivity contribution in [2.75, 3.05) is 0 Å². The predicted molar refractivity (Wildman–Crippen MR) is 89.1 cm³/mol. The summed E-state index contributed by atoms with van der Waals surface area (Å²) in [4.78, 5) is 19.5. The summed E-state index contributed by atoms with van der Waals surface area (Å²) < 4.78 is 6.51. The van der Waals surface area contributed by atoms with Gasteiger partial charge in [0.15, 0.2) is 0 Å². The summed E-state index contributed by atoms with van der Waals surface area (Å²) in [7, 11) is 0. The van der Waals surface area contributed by atoms with Crippen LogP contribution in [0.4, 0.5) is 0 Å². The molecule has 0 aliphatic heterocycles. The molecule has 0 aromatic heterocycles. The monoisotopic (exact) mass is 394 g/mol.